The molecule has 0 amide bonds. The monoisotopic (exact) mass is 211 g/mol. The van der Waals surface area contributed by atoms with Gasteiger partial charge in [0.1, 0.15) is 17.2 Å². The lowest BCUT2D eigenvalue weighted by Crippen LogP contribution is -2.08. The number of hydrazine groups is 1. The number of fused-ring (bicyclic) bond motifs is 1. The molecule has 0 radical (unpaired) electrons. The third kappa shape index (κ3) is 1.38. The van der Waals surface area contributed by atoms with Crippen LogP contribution in [0.25, 0.3) is 10.9 Å². The maximum Gasteiger partial charge on any atom is 0.149 e. The smallest absolute Gasteiger partial charge is 0.149 e. The van der Waals surface area contributed by atoms with Crippen molar-refractivity contribution in [2.75, 3.05) is 5.43 Å². The van der Waals surface area contributed by atoms with Crippen molar-refractivity contribution in [2.45, 2.75) is 0 Å². The molecule has 3 N–H and O–H groups in total. The molecule has 0 fully saturated rings. The molecule has 0 saturated carbocycles. The summed E-state index contributed by atoms with van der Waals surface area (Å²) in [5.74, 6) is 5.15. The molecule has 1 heterocycles. The summed E-state index contributed by atoms with van der Waals surface area (Å²) in [7, 11) is 0. The number of benzene rings is 1. The summed E-state index contributed by atoms with van der Waals surface area (Å²) in [6.07, 6.45) is 0. The molecular formula is C9H7ClFN3. The number of hydrogen-bond donors (Lipinski definition) is 2. The van der Waals surface area contributed by atoms with Crippen LogP contribution in [0.1, 0.15) is 0 Å². The zero-order valence-corrected chi connectivity index (χ0v) is 7.85. The Morgan fingerprint density at radius 3 is 2.79 bits per heavy atom. The van der Waals surface area contributed by atoms with E-state index in [1.54, 1.807) is 12.1 Å². The minimum atomic E-state index is -0.415. The van der Waals surface area contributed by atoms with Crippen molar-refractivity contribution in [3.05, 3.63) is 35.1 Å². The van der Waals surface area contributed by atoms with Gasteiger partial charge in [0.05, 0.1) is 5.02 Å². The topological polar surface area (TPSA) is 50.9 Å². The van der Waals surface area contributed by atoms with Crippen molar-refractivity contribution < 1.29 is 4.39 Å². The second-order valence-corrected chi connectivity index (χ2v) is 3.17. The van der Waals surface area contributed by atoms with Crippen LogP contribution in [-0.2, 0) is 0 Å². The van der Waals surface area contributed by atoms with Crippen molar-refractivity contribution in [3.63, 3.8) is 0 Å². The Hall–Kier alpha value is -1.39. The van der Waals surface area contributed by atoms with Gasteiger partial charge in [0, 0.05) is 5.39 Å². The molecular weight excluding hydrogens is 205 g/mol. The van der Waals surface area contributed by atoms with Crippen molar-refractivity contribution in [3.8, 4) is 0 Å². The van der Waals surface area contributed by atoms with Crippen LogP contribution in [-0.4, -0.2) is 4.98 Å². The van der Waals surface area contributed by atoms with Crippen LogP contribution in [0.2, 0.25) is 5.02 Å². The highest BCUT2D eigenvalue weighted by atomic mass is 35.5. The third-order valence-corrected chi connectivity index (χ3v) is 2.23. The molecule has 0 spiro atoms. The van der Waals surface area contributed by atoms with Crippen LogP contribution in [0.5, 0.6) is 0 Å². The summed E-state index contributed by atoms with van der Waals surface area (Å²) in [4.78, 5) is 3.96. The van der Waals surface area contributed by atoms with Gasteiger partial charge in [-0.3, -0.25) is 0 Å². The molecule has 14 heavy (non-hydrogen) atoms. The number of nitrogens with zero attached hydrogens (tertiary/aromatic N) is 1. The molecule has 0 aliphatic rings. The first-order chi connectivity index (χ1) is 6.72. The van der Waals surface area contributed by atoms with Crippen LogP contribution < -0.4 is 11.3 Å². The normalized spacial score (nSPS) is 10.5. The second-order valence-electron chi connectivity index (χ2n) is 2.77. The van der Waals surface area contributed by atoms with E-state index in [9.17, 15) is 4.39 Å². The highest BCUT2D eigenvalue weighted by molar-refractivity contribution is 6.35. The van der Waals surface area contributed by atoms with Crippen molar-refractivity contribution >= 4 is 28.3 Å². The number of nitrogens with one attached hydrogen (secondary N) is 1. The highest BCUT2D eigenvalue weighted by Gasteiger charge is 2.06. The molecule has 1 aromatic heterocycles. The van der Waals surface area contributed by atoms with Gasteiger partial charge in [-0.1, -0.05) is 11.6 Å². The Labute approximate surface area is 84.7 Å². The predicted molar refractivity (Wildman–Crippen MR) is 54.5 cm³/mol. The number of rotatable bonds is 1. The van der Waals surface area contributed by atoms with Gasteiger partial charge in [-0.25, -0.2) is 15.2 Å². The standard InChI is InChI=1S/C9H7ClFN3/c10-6-2-3-7(11)9-5(6)1-4-8(13-9)14-12/h1-4H,12H2,(H,13,14). The summed E-state index contributed by atoms with van der Waals surface area (Å²) < 4.78 is 13.3. The van der Waals surface area contributed by atoms with E-state index >= 15 is 0 Å². The van der Waals surface area contributed by atoms with Crippen molar-refractivity contribution in [2.24, 2.45) is 5.84 Å². The SMILES string of the molecule is NNc1ccc2c(Cl)ccc(F)c2n1. The first-order valence-electron chi connectivity index (χ1n) is 3.94. The molecule has 1 aromatic carbocycles. The van der Waals surface area contributed by atoms with Gasteiger partial charge >= 0.3 is 0 Å². The summed E-state index contributed by atoms with van der Waals surface area (Å²) in [6, 6.07) is 6.07. The summed E-state index contributed by atoms with van der Waals surface area (Å²) in [5, 5.41) is 1.04. The Morgan fingerprint density at radius 2 is 2.07 bits per heavy atom. The quantitative estimate of drug-likeness (QED) is 0.562. The number of halogens is 2. The predicted octanol–water partition coefficient (Wildman–Crippen LogP) is 2.31. The van der Waals surface area contributed by atoms with Crippen LogP contribution in [0, 0.1) is 5.82 Å². The Bertz CT molecular complexity index is 487. The number of aromatic nitrogens is 1. The number of pyridine rings is 1. The van der Waals surface area contributed by atoms with Gasteiger partial charge < -0.3 is 5.43 Å². The highest BCUT2D eigenvalue weighted by Crippen LogP contribution is 2.25. The number of nitrogens with two attached hydrogens (primary N) is 1. The van der Waals surface area contributed by atoms with Crippen LogP contribution in [0.4, 0.5) is 10.2 Å². The Kier molecular flexibility index (Phi) is 2.23. The van der Waals surface area contributed by atoms with E-state index in [0.717, 1.165) is 0 Å². The van der Waals surface area contributed by atoms with E-state index in [1.807, 2.05) is 0 Å². The van der Waals surface area contributed by atoms with Gasteiger partial charge in [0.15, 0.2) is 0 Å². The lowest BCUT2D eigenvalue weighted by atomic mass is 10.2. The first kappa shape index (κ1) is 9.18. The van der Waals surface area contributed by atoms with Gasteiger partial charge in [0.2, 0.25) is 0 Å². The number of nitrogen functional groups attached to an aromatic ring is 1. The molecule has 0 atom stereocenters. The molecule has 3 nitrogen and oxygen atoms in total. The third-order valence-electron chi connectivity index (χ3n) is 1.90. The van der Waals surface area contributed by atoms with E-state index in [2.05, 4.69) is 10.4 Å². The van der Waals surface area contributed by atoms with Crippen molar-refractivity contribution in [1.29, 1.82) is 0 Å². The maximum absolute atomic E-state index is 13.3. The first-order valence-corrected chi connectivity index (χ1v) is 4.31. The Balaban J connectivity index is 2.80. The van der Waals surface area contributed by atoms with Crippen LogP contribution in [0.15, 0.2) is 24.3 Å². The molecule has 0 unspecified atom stereocenters. The number of hydrogen-bond acceptors (Lipinski definition) is 3. The minimum Gasteiger partial charge on any atom is -0.308 e. The van der Waals surface area contributed by atoms with Crippen LogP contribution >= 0.6 is 11.6 Å². The second kappa shape index (κ2) is 3.40. The fourth-order valence-electron chi connectivity index (χ4n) is 1.23. The summed E-state index contributed by atoms with van der Waals surface area (Å²) in [6.45, 7) is 0. The van der Waals surface area contributed by atoms with E-state index in [0.29, 0.717) is 16.2 Å². The zero-order valence-electron chi connectivity index (χ0n) is 7.09. The van der Waals surface area contributed by atoms with E-state index < -0.39 is 5.82 Å². The van der Waals surface area contributed by atoms with Gasteiger partial charge in [0.25, 0.3) is 0 Å². The van der Waals surface area contributed by atoms with Gasteiger partial charge in [-0.15, -0.1) is 0 Å². The molecule has 0 saturated heterocycles. The van der Waals surface area contributed by atoms with Gasteiger partial charge in [-0.2, -0.15) is 0 Å². The molecule has 0 bridgehead atoms. The lowest BCUT2D eigenvalue weighted by Gasteiger charge is -2.03. The molecule has 0 aliphatic carbocycles. The summed E-state index contributed by atoms with van der Waals surface area (Å²) >= 11 is 5.87. The van der Waals surface area contributed by atoms with Gasteiger partial charge in [-0.05, 0) is 24.3 Å². The number of anilines is 1. The van der Waals surface area contributed by atoms with E-state index in [4.69, 9.17) is 17.4 Å². The average Bonchev–Trinajstić information content (AvgIpc) is 2.23. The molecule has 2 aromatic rings. The van der Waals surface area contributed by atoms with Crippen LogP contribution in [0.3, 0.4) is 0 Å². The minimum absolute atomic E-state index is 0.216. The molecule has 5 heteroatoms. The maximum atomic E-state index is 13.3. The average molecular weight is 212 g/mol. The zero-order chi connectivity index (χ0) is 10.1. The molecule has 72 valence electrons. The molecule has 2 rings (SSSR count). The fraction of sp³-hybridized carbons (Fsp3) is 0. The van der Waals surface area contributed by atoms with E-state index in [1.165, 1.54) is 12.1 Å². The largest absolute Gasteiger partial charge is 0.308 e. The lowest BCUT2D eigenvalue weighted by molar-refractivity contribution is 0.637. The Morgan fingerprint density at radius 1 is 1.29 bits per heavy atom. The summed E-state index contributed by atoms with van der Waals surface area (Å²) in [5.41, 5.74) is 2.56. The van der Waals surface area contributed by atoms with Crippen molar-refractivity contribution in [1.82, 2.24) is 4.98 Å². The fourth-order valence-corrected chi connectivity index (χ4v) is 1.44. The van der Waals surface area contributed by atoms with E-state index in [-0.39, 0.29) is 5.52 Å². The molecule has 0 aliphatic heterocycles.